The van der Waals surface area contributed by atoms with E-state index in [9.17, 15) is 4.79 Å². The van der Waals surface area contributed by atoms with Crippen LogP contribution in [0.5, 0.6) is 0 Å². The fraction of sp³-hybridized carbons (Fsp3) is 0.545. The molecule has 0 aliphatic carbocycles. The van der Waals surface area contributed by atoms with Gasteiger partial charge in [0.15, 0.2) is 0 Å². The summed E-state index contributed by atoms with van der Waals surface area (Å²) in [7, 11) is 0. The maximum absolute atomic E-state index is 11.6. The number of carbonyl (C=O) groups excluding carboxylic acids is 1. The molecule has 0 saturated carbocycles. The Balaban J connectivity index is 1.87. The summed E-state index contributed by atoms with van der Waals surface area (Å²) in [6, 6.07) is 3.65. The number of cyclic esters (lactones) is 1. The van der Waals surface area contributed by atoms with Gasteiger partial charge in [0.25, 0.3) is 0 Å². The summed E-state index contributed by atoms with van der Waals surface area (Å²) in [6.07, 6.45) is 2.87. The van der Waals surface area contributed by atoms with E-state index >= 15 is 0 Å². The highest BCUT2D eigenvalue weighted by Crippen LogP contribution is 2.16. The molecular formula is C11H16N2O3. The summed E-state index contributed by atoms with van der Waals surface area (Å²) in [4.78, 5) is 13.3. The monoisotopic (exact) mass is 224 g/mol. The van der Waals surface area contributed by atoms with Crippen LogP contribution in [0.25, 0.3) is 0 Å². The predicted octanol–water partition coefficient (Wildman–Crippen LogP) is 1.34. The van der Waals surface area contributed by atoms with Crippen LogP contribution < -0.4 is 5.73 Å². The van der Waals surface area contributed by atoms with E-state index in [4.69, 9.17) is 14.9 Å². The molecule has 0 bridgehead atoms. The first-order valence-electron chi connectivity index (χ1n) is 5.47. The van der Waals surface area contributed by atoms with E-state index in [1.54, 1.807) is 11.2 Å². The molecular weight excluding hydrogens is 208 g/mol. The molecule has 16 heavy (non-hydrogen) atoms. The van der Waals surface area contributed by atoms with Crippen molar-refractivity contribution >= 4 is 6.09 Å². The highest BCUT2D eigenvalue weighted by molar-refractivity contribution is 5.68. The number of hydrogen-bond acceptors (Lipinski definition) is 4. The minimum Gasteiger partial charge on any atom is -0.467 e. The topological polar surface area (TPSA) is 68.7 Å². The Kier molecular flexibility index (Phi) is 3.46. The number of nitrogens with two attached hydrogens (primary N) is 1. The Bertz CT molecular complexity index is 337. The Morgan fingerprint density at radius 3 is 3.06 bits per heavy atom. The van der Waals surface area contributed by atoms with E-state index in [1.807, 2.05) is 12.1 Å². The molecule has 88 valence electrons. The van der Waals surface area contributed by atoms with Crippen LogP contribution in [0.15, 0.2) is 22.8 Å². The molecule has 5 heteroatoms. The fourth-order valence-corrected chi connectivity index (χ4v) is 1.79. The molecule has 1 unspecified atom stereocenters. The van der Waals surface area contributed by atoms with Gasteiger partial charge in [-0.1, -0.05) is 0 Å². The molecule has 2 rings (SSSR count). The van der Waals surface area contributed by atoms with Crippen LogP contribution in [-0.4, -0.2) is 30.2 Å². The van der Waals surface area contributed by atoms with Crippen LogP contribution in [0.1, 0.15) is 18.6 Å². The van der Waals surface area contributed by atoms with Gasteiger partial charge >= 0.3 is 6.09 Å². The first-order valence-corrected chi connectivity index (χ1v) is 5.47. The summed E-state index contributed by atoms with van der Waals surface area (Å²) in [5.74, 6) is 0.772. The summed E-state index contributed by atoms with van der Waals surface area (Å²) >= 11 is 0. The van der Waals surface area contributed by atoms with Crippen LogP contribution in [0.2, 0.25) is 0 Å². The molecule has 1 aromatic rings. The zero-order chi connectivity index (χ0) is 11.4. The van der Waals surface area contributed by atoms with Crippen molar-refractivity contribution in [1.82, 2.24) is 4.90 Å². The van der Waals surface area contributed by atoms with E-state index in [2.05, 4.69) is 0 Å². The second-order valence-corrected chi connectivity index (χ2v) is 3.87. The summed E-state index contributed by atoms with van der Waals surface area (Å²) in [6.45, 7) is 1.72. The van der Waals surface area contributed by atoms with E-state index < -0.39 is 0 Å². The van der Waals surface area contributed by atoms with Crippen molar-refractivity contribution < 1.29 is 13.9 Å². The number of amides is 1. The smallest absolute Gasteiger partial charge is 0.410 e. The van der Waals surface area contributed by atoms with Gasteiger partial charge in [-0.05, 0) is 25.1 Å². The number of furan rings is 1. The molecule has 1 amide bonds. The third-order valence-corrected chi connectivity index (χ3v) is 2.66. The lowest BCUT2D eigenvalue weighted by atomic mass is 10.1. The van der Waals surface area contributed by atoms with Crippen molar-refractivity contribution in [3.8, 4) is 0 Å². The van der Waals surface area contributed by atoms with Crippen molar-refractivity contribution in [2.24, 2.45) is 5.73 Å². The SMILES string of the molecule is NCCC1CCN(Cc2ccco2)C(=O)O1. The van der Waals surface area contributed by atoms with Gasteiger partial charge in [-0.25, -0.2) is 4.79 Å². The molecule has 1 aromatic heterocycles. The third kappa shape index (κ3) is 2.55. The normalized spacial score (nSPS) is 20.9. The maximum Gasteiger partial charge on any atom is 0.410 e. The molecule has 5 nitrogen and oxygen atoms in total. The zero-order valence-corrected chi connectivity index (χ0v) is 9.09. The third-order valence-electron chi connectivity index (χ3n) is 2.66. The van der Waals surface area contributed by atoms with Crippen LogP contribution in [0.4, 0.5) is 4.79 Å². The van der Waals surface area contributed by atoms with Crippen molar-refractivity contribution in [1.29, 1.82) is 0 Å². The molecule has 1 atom stereocenters. The van der Waals surface area contributed by atoms with Gasteiger partial charge in [0, 0.05) is 13.0 Å². The number of rotatable bonds is 4. The van der Waals surface area contributed by atoms with Crippen LogP contribution in [0, 0.1) is 0 Å². The zero-order valence-electron chi connectivity index (χ0n) is 9.09. The first kappa shape index (κ1) is 11.0. The van der Waals surface area contributed by atoms with E-state index in [0.717, 1.165) is 18.6 Å². The molecule has 0 spiro atoms. The minimum absolute atomic E-state index is 0.0228. The van der Waals surface area contributed by atoms with Crippen molar-refractivity contribution in [2.75, 3.05) is 13.1 Å². The summed E-state index contributed by atoms with van der Waals surface area (Å²) in [5.41, 5.74) is 5.43. The van der Waals surface area contributed by atoms with Crippen molar-refractivity contribution in [3.05, 3.63) is 24.2 Å². The molecule has 1 saturated heterocycles. The van der Waals surface area contributed by atoms with Gasteiger partial charge in [-0.3, -0.25) is 0 Å². The molecule has 1 aliphatic heterocycles. The maximum atomic E-state index is 11.6. The first-order chi connectivity index (χ1) is 7.79. The highest BCUT2D eigenvalue weighted by atomic mass is 16.6. The lowest BCUT2D eigenvalue weighted by molar-refractivity contribution is 0.0183. The quantitative estimate of drug-likeness (QED) is 0.837. The van der Waals surface area contributed by atoms with Gasteiger partial charge in [-0.2, -0.15) is 0 Å². The second-order valence-electron chi connectivity index (χ2n) is 3.87. The molecule has 2 N–H and O–H groups in total. The Morgan fingerprint density at radius 1 is 1.56 bits per heavy atom. The second kappa shape index (κ2) is 5.03. The van der Waals surface area contributed by atoms with Gasteiger partial charge in [0.2, 0.25) is 0 Å². The molecule has 0 radical (unpaired) electrons. The van der Waals surface area contributed by atoms with Crippen LogP contribution in [-0.2, 0) is 11.3 Å². The average molecular weight is 224 g/mol. The van der Waals surface area contributed by atoms with Gasteiger partial charge in [0.05, 0.1) is 12.8 Å². The number of carbonyl (C=O) groups is 1. The minimum atomic E-state index is -0.277. The Morgan fingerprint density at radius 2 is 2.44 bits per heavy atom. The van der Waals surface area contributed by atoms with Crippen LogP contribution >= 0.6 is 0 Å². The van der Waals surface area contributed by atoms with Crippen LogP contribution in [0.3, 0.4) is 0 Å². The predicted molar refractivity (Wildman–Crippen MR) is 57.7 cm³/mol. The average Bonchev–Trinajstić information content (AvgIpc) is 2.75. The summed E-state index contributed by atoms with van der Waals surface area (Å²) < 4.78 is 10.4. The van der Waals surface area contributed by atoms with Crippen molar-refractivity contribution in [2.45, 2.75) is 25.5 Å². The van der Waals surface area contributed by atoms with E-state index in [-0.39, 0.29) is 12.2 Å². The number of ether oxygens (including phenoxy) is 1. The van der Waals surface area contributed by atoms with Crippen molar-refractivity contribution in [3.63, 3.8) is 0 Å². The molecule has 2 heterocycles. The Hall–Kier alpha value is -1.49. The lowest BCUT2D eigenvalue weighted by Gasteiger charge is -2.31. The molecule has 1 aliphatic rings. The van der Waals surface area contributed by atoms with Gasteiger partial charge < -0.3 is 19.8 Å². The molecule has 0 aromatic carbocycles. The highest BCUT2D eigenvalue weighted by Gasteiger charge is 2.26. The number of nitrogens with zero attached hydrogens (tertiary/aromatic N) is 1. The summed E-state index contributed by atoms with van der Waals surface area (Å²) in [5, 5.41) is 0. The van der Waals surface area contributed by atoms with E-state index in [1.165, 1.54) is 0 Å². The Labute approximate surface area is 94.1 Å². The standard InChI is InChI=1S/C11H16N2O3/c12-5-3-9-4-6-13(11(14)16-9)8-10-2-1-7-15-10/h1-2,7,9H,3-6,8,12H2. The fourth-order valence-electron chi connectivity index (χ4n) is 1.79. The largest absolute Gasteiger partial charge is 0.467 e. The molecule has 1 fully saturated rings. The van der Waals surface area contributed by atoms with Gasteiger partial charge in [-0.15, -0.1) is 0 Å². The number of hydrogen-bond donors (Lipinski definition) is 1. The van der Waals surface area contributed by atoms with Gasteiger partial charge in [0.1, 0.15) is 11.9 Å². The lowest BCUT2D eigenvalue weighted by Crippen LogP contribution is -2.42. The van der Waals surface area contributed by atoms with E-state index in [0.29, 0.717) is 19.6 Å².